The molecule has 23 heavy (non-hydrogen) atoms. The second-order valence-corrected chi connectivity index (χ2v) is 6.81. The van der Waals surface area contributed by atoms with E-state index in [9.17, 15) is 4.79 Å². The largest absolute Gasteiger partial charge is 0.355 e. The molecule has 0 aliphatic carbocycles. The smallest absolute Gasteiger partial charge is 0.220 e. The summed E-state index contributed by atoms with van der Waals surface area (Å²) in [5.74, 6) is 0.412. The van der Waals surface area contributed by atoms with Gasteiger partial charge in [-0.1, -0.05) is 49.4 Å². The van der Waals surface area contributed by atoms with Gasteiger partial charge in [0.05, 0.1) is 15.2 Å². The molecule has 1 amide bonds. The summed E-state index contributed by atoms with van der Waals surface area (Å²) < 4.78 is 1.18. The number of hydrogen-bond donors (Lipinski definition) is 1. The van der Waals surface area contributed by atoms with Crippen molar-refractivity contribution in [1.29, 1.82) is 0 Å². The van der Waals surface area contributed by atoms with Gasteiger partial charge in [0, 0.05) is 19.4 Å². The summed E-state index contributed by atoms with van der Waals surface area (Å²) in [5, 5.41) is 4.05. The average Bonchev–Trinajstić information content (AvgIpc) is 3.01. The Morgan fingerprint density at radius 2 is 1.87 bits per heavy atom. The van der Waals surface area contributed by atoms with Crippen LogP contribution in [0.4, 0.5) is 0 Å². The highest BCUT2D eigenvalue weighted by Gasteiger charge is 2.09. The molecule has 0 bridgehead atoms. The molecule has 1 N–H and O–H groups in total. The zero-order valence-electron chi connectivity index (χ0n) is 13.2. The number of carbonyl (C=O) groups excluding carboxylic acids is 1. The number of nitrogens with one attached hydrogen (secondary N) is 1. The maximum atomic E-state index is 12.0. The van der Waals surface area contributed by atoms with Crippen molar-refractivity contribution in [3.05, 3.63) is 65.2 Å². The summed E-state index contributed by atoms with van der Waals surface area (Å²) in [4.78, 5) is 16.6. The molecular formula is C19H20N2OS. The van der Waals surface area contributed by atoms with E-state index >= 15 is 0 Å². The Hall–Kier alpha value is -2.20. The number of hydrogen-bond acceptors (Lipinski definition) is 3. The lowest BCUT2D eigenvalue weighted by molar-refractivity contribution is -0.121. The number of aromatic nitrogens is 1. The van der Waals surface area contributed by atoms with Crippen LogP contribution in [0.1, 0.15) is 29.8 Å². The Kier molecular flexibility index (Phi) is 5.03. The van der Waals surface area contributed by atoms with Crippen molar-refractivity contribution >= 4 is 27.5 Å². The van der Waals surface area contributed by atoms with Crippen LogP contribution >= 0.6 is 11.3 Å². The van der Waals surface area contributed by atoms with Crippen LogP contribution in [0.3, 0.4) is 0 Å². The van der Waals surface area contributed by atoms with Crippen LogP contribution in [0.25, 0.3) is 10.2 Å². The van der Waals surface area contributed by atoms with E-state index in [0.29, 0.717) is 25.3 Å². The molecule has 3 rings (SSSR count). The number of amides is 1. The zero-order valence-corrected chi connectivity index (χ0v) is 14.0. The summed E-state index contributed by atoms with van der Waals surface area (Å²) in [6, 6.07) is 18.3. The molecule has 1 heterocycles. The molecule has 3 aromatic rings. The molecule has 4 heteroatoms. The van der Waals surface area contributed by atoms with E-state index in [1.54, 1.807) is 11.3 Å². The van der Waals surface area contributed by atoms with E-state index in [1.807, 2.05) is 36.4 Å². The fourth-order valence-electron chi connectivity index (χ4n) is 2.50. The summed E-state index contributed by atoms with van der Waals surface area (Å²) in [5.41, 5.74) is 2.27. The topological polar surface area (TPSA) is 42.0 Å². The summed E-state index contributed by atoms with van der Waals surface area (Å²) in [6.45, 7) is 2.80. The first kappa shape index (κ1) is 15.7. The normalized spacial score (nSPS) is 12.2. The van der Waals surface area contributed by atoms with Gasteiger partial charge in [-0.3, -0.25) is 4.79 Å². The van der Waals surface area contributed by atoms with Crippen molar-refractivity contribution in [3.8, 4) is 0 Å². The molecule has 118 valence electrons. The molecule has 0 aliphatic rings. The van der Waals surface area contributed by atoms with E-state index in [2.05, 4.69) is 35.4 Å². The Bertz CT molecular complexity index is 749. The van der Waals surface area contributed by atoms with Crippen LogP contribution in [-0.4, -0.2) is 17.4 Å². The van der Waals surface area contributed by atoms with Gasteiger partial charge in [0.25, 0.3) is 0 Å². The predicted octanol–water partition coefficient (Wildman–Crippen LogP) is 4.15. The number of rotatable bonds is 6. The van der Waals surface area contributed by atoms with E-state index in [0.717, 1.165) is 10.5 Å². The first-order chi connectivity index (χ1) is 11.2. The number of thiazole rings is 1. The first-order valence-electron chi connectivity index (χ1n) is 7.88. The highest BCUT2D eigenvalue weighted by atomic mass is 32.1. The van der Waals surface area contributed by atoms with Crippen LogP contribution in [0.15, 0.2) is 54.6 Å². The van der Waals surface area contributed by atoms with E-state index in [4.69, 9.17) is 0 Å². The number of carbonyl (C=O) groups is 1. The van der Waals surface area contributed by atoms with Crippen LogP contribution in [0.2, 0.25) is 0 Å². The van der Waals surface area contributed by atoms with Crippen LogP contribution in [-0.2, 0) is 11.2 Å². The summed E-state index contributed by atoms with van der Waals surface area (Å²) >= 11 is 1.67. The van der Waals surface area contributed by atoms with Gasteiger partial charge in [-0.05, 0) is 23.6 Å². The zero-order chi connectivity index (χ0) is 16.1. The van der Waals surface area contributed by atoms with Crippen molar-refractivity contribution in [1.82, 2.24) is 10.3 Å². The fraction of sp³-hybridized carbons (Fsp3) is 0.263. The van der Waals surface area contributed by atoms with Gasteiger partial charge in [0.2, 0.25) is 5.91 Å². The van der Waals surface area contributed by atoms with E-state index in [1.165, 1.54) is 10.3 Å². The average molecular weight is 324 g/mol. The van der Waals surface area contributed by atoms with Gasteiger partial charge in [-0.2, -0.15) is 0 Å². The second kappa shape index (κ2) is 7.38. The fourth-order valence-corrected chi connectivity index (χ4v) is 3.47. The third-order valence-electron chi connectivity index (χ3n) is 3.88. The molecule has 1 atom stereocenters. The van der Waals surface area contributed by atoms with Crippen LogP contribution in [0.5, 0.6) is 0 Å². The van der Waals surface area contributed by atoms with Crippen molar-refractivity contribution in [2.45, 2.75) is 25.7 Å². The van der Waals surface area contributed by atoms with Crippen molar-refractivity contribution < 1.29 is 4.79 Å². The van der Waals surface area contributed by atoms with Gasteiger partial charge >= 0.3 is 0 Å². The lowest BCUT2D eigenvalue weighted by Crippen LogP contribution is -2.27. The number of nitrogens with zero attached hydrogens (tertiary/aromatic N) is 1. The SMILES string of the molecule is C[C@H](CNC(=O)CCc1nc2ccccc2s1)c1ccccc1. The van der Waals surface area contributed by atoms with Crippen molar-refractivity contribution in [2.75, 3.05) is 6.54 Å². The lowest BCUT2D eigenvalue weighted by Gasteiger charge is -2.12. The molecule has 1 aromatic heterocycles. The van der Waals surface area contributed by atoms with E-state index < -0.39 is 0 Å². The van der Waals surface area contributed by atoms with Crippen LogP contribution in [0, 0.1) is 0 Å². The third kappa shape index (κ3) is 4.17. The van der Waals surface area contributed by atoms with Gasteiger partial charge in [-0.25, -0.2) is 4.98 Å². The number of fused-ring (bicyclic) bond motifs is 1. The Balaban J connectivity index is 1.48. The number of benzene rings is 2. The molecule has 0 aliphatic heterocycles. The Morgan fingerprint density at radius 1 is 1.13 bits per heavy atom. The highest BCUT2D eigenvalue weighted by Crippen LogP contribution is 2.22. The highest BCUT2D eigenvalue weighted by molar-refractivity contribution is 7.18. The maximum Gasteiger partial charge on any atom is 0.220 e. The predicted molar refractivity (Wildman–Crippen MR) is 95.8 cm³/mol. The number of aryl methyl sites for hydroxylation is 1. The van der Waals surface area contributed by atoms with Crippen LogP contribution < -0.4 is 5.32 Å². The minimum Gasteiger partial charge on any atom is -0.355 e. The first-order valence-corrected chi connectivity index (χ1v) is 8.70. The second-order valence-electron chi connectivity index (χ2n) is 5.69. The van der Waals surface area contributed by atoms with Crippen molar-refractivity contribution in [2.24, 2.45) is 0 Å². The van der Waals surface area contributed by atoms with E-state index in [-0.39, 0.29) is 5.91 Å². The van der Waals surface area contributed by atoms with Gasteiger partial charge in [0.15, 0.2) is 0 Å². The molecule has 0 fully saturated rings. The lowest BCUT2D eigenvalue weighted by atomic mass is 10.0. The summed E-state index contributed by atoms with van der Waals surface area (Å²) in [6.07, 6.45) is 1.19. The molecule has 0 radical (unpaired) electrons. The monoisotopic (exact) mass is 324 g/mol. The maximum absolute atomic E-state index is 12.0. The standard InChI is InChI=1S/C19H20N2OS/c1-14(15-7-3-2-4-8-15)13-20-18(22)11-12-19-21-16-9-5-6-10-17(16)23-19/h2-10,14H,11-13H2,1H3,(H,20,22)/t14-/m1/s1. The minimum atomic E-state index is 0.0898. The third-order valence-corrected chi connectivity index (χ3v) is 4.97. The quantitative estimate of drug-likeness (QED) is 0.740. The van der Waals surface area contributed by atoms with Gasteiger partial charge < -0.3 is 5.32 Å². The molecule has 0 saturated carbocycles. The Morgan fingerprint density at radius 3 is 2.65 bits per heavy atom. The molecule has 3 nitrogen and oxygen atoms in total. The van der Waals surface area contributed by atoms with Gasteiger partial charge in [0.1, 0.15) is 0 Å². The minimum absolute atomic E-state index is 0.0898. The molecule has 0 saturated heterocycles. The molecule has 0 unspecified atom stereocenters. The van der Waals surface area contributed by atoms with Gasteiger partial charge in [-0.15, -0.1) is 11.3 Å². The number of para-hydroxylation sites is 1. The molecule has 2 aromatic carbocycles. The molecule has 0 spiro atoms. The van der Waals surface area contributed by atoms with Crippen molar-refractivity contribution in [3.63, 3.8) is 0 Å². The molecular weight excluding hydrogens is 304 g/mol. The Labute approximate surface area is 140 Å². The summed E-state index contributed by atoms with van der Waals surface area (Å²) in [7, 11) is 0.